The van der Waals surface area contributed by atoms with Gasteiger partial charge in [-0.15, -0.1) is 11.3 Å². The molecule has 3 rings (SSSR count). The van der Waals surface area contributed by atoms with Crippen molar-refractivity contribution >= 4 is 21.6 Å². The first-order valence-corrected chi connectivity index (χ1v) is 8.33. The fourth-order valence-electron chi connectivity index (χ4n) is 2.42. The average molecular weight is 329 g/mol. The van der Waals surface area contributed by atoms with Crippen LogP contribution in [0.5, 0.6) is 5.75 Å². The van der Waals surface area contributed by atoms with Crippen LogP contribution < -0.4 is 10.3 Å². The van der Waals surface area contributed by atoms with E-state index in [0.717, 1.165) is 28.3 Å². The zero-order valence-corrected chi connectivity index (χ0v) is 14.2. The zero-order valence-electron chi connectivity index (χ0n) is 13.4. The maximum atomic E-state index is 12.5. The van der Waals surface area contributed by atoms with E-state index < -0.39 is 0 Å². The summed E-state index contributed by atoms with van der Waals surface area (Å²) in [5.74, 6) is 1.50. The number of hydrogen-bond acceptors (Lipinski definition) is 5. The van der Waals surface area contributed by atoms with Crippen molar-refractivity contribution < 1.29 is 4.74 Å². The molecule has 120 valence electrons. The Morgan fingerprint density at radius 2 is 2.04 bits per heavy atom. The Bertz CT molecular complexity index is 868. The third-order valence-corrected chi connectivity index (χ3v) is 4.73. The molecular formula is C17H19N3O2S. The third kappa shape index (κ3) is 3.13. The Hall–Kier alpha value is -2.18. The number of aromatic nitrogens is 2. The summed E-state index contributed by atoms with van der Waals surface area (Å²) in [5, 5.41) is 2.64. The van der Waals surface area contributed by atoms with Crippen LogP contribution in [0.15, 0.2) is 34.4 Å². The maximum absolute atomic E-state index is 12.5. The Morgan fingerprint density at radius 3 is 2.70 bits per heavy atom. The summed E-state index contributed by atoms with van der Waals surface area (Å²) < 4.78 is 5.18. The second-order valence-corrected chi connectivity index (χ2v) is 6.26. The lowest BCUT2D eigenvalue weighted by Gasteiger charge is -2.12. The molecule has 0 amide bonds. The minimum absolute atomic E-state index is 0.0819. The van der Waals surface area contributed by atoms with Gasteiger partial charge in [-0.2, -0.15) is 0 Å². The minimum atomic E-state index is -0.0819. The standard InChI is InChI=1S/C17H19N3O2S/c1-4-20(2)9-14-18-16(21)15-13(10-23-17(15)19-14)11-5-7-12(22-3)8-6-11/h5-8,10H,4,9H2,1-3H3,(H,18,19,21). The Morgan fingerprint density at radius 1 is 1.30 bits per heavy atom. The number of aromatic amines is 1. The van der Waals surface area contributed by atoms with Crippen molar-refractivity contribution in [3.63, 3.8) is 0 Å². The van der Waals surface area contributed by atoms with Gasteiger partial charge in [0, 0.05) is 10.9 Å². The SMILES string of the molecule is CCN(C)Cc1nc2scc(-c3ccc(OC)cc3)c2c(=O)[nH]1. The number of methoxy groups -OCH3 is 1. The summed E-state index contributed by atoms with van der Waals surface area (Å²) in [6.45, 7) is 3.62. The van der Waals surface area contributed by atoms with E-state index in [1.54, 1.807) is 7.11 Å². The van der Waals surface area contributed by atoms with Crippen molar-refractivity contribution in [1.82, 2.24) is 14.9 Å². The zero-order chi connectivity index (χ0) is 16.4. The molecule has 0 saturated heterocycles. The highest BCUT2D eigenvalue weighted by molar-refractivity contribution is 7.17. The molecule has 3 aromatic rings. The largest absolute Gasteiger partial charge is 0.497 e. The van der Waals surface area contributed by atoms with Gasteiger partial charge in [0.2, 0.25) is 0 Å². The molecule has 6 heteroatoms. The lowest BCUT2D eigenvalue weighted by Crippen LogP contribution is -2.21. The number of benzene rings is 1. The quantitative estimate of drug-likeness (QED) is 0.781. The van der Waals surface area contributed by atoms with Crippen LogP contribution in [0.3, 0.4) is 0 Å². The van der Waals surface area contributed by atoms with E-state index in [1.807, 2.05) is 36.7 Å². The van der Waals surface area contributed by atoms with Crippen LogP contribution >= 0.6 is 11.3 Å². The summed E-state index contributed by atoms with van der Waals surface area (Å²) in [4.78, 5) is 22.9. The van der Waals surface area contributed by atoms with Crippen LogP contribution in [0.4, 0.5) is 0 Å². The molecule has 0 aliphatic heterocycles. The van der Waals surface area contributed by atoms with E-state index in [2.05, 4.69) is 21.8 Å². The third-order valence-electron chi connectivity index (χ3n) is 3.85. The second kappa shape index (κ2) is 6.52. The molecule has 5 nitrogen and oxygen atoms in total. The van der Waals surface area contributed by atoms with E-state index in [0.29, 0.717) is 17.8 Å². The van der Waals surface area contributed by atoms with Crippen LogP contribution in [-0.2, 0) is 6.54 Å². The van der Waals surface area contributed by atoms with Gasteiger partial charge >= 0.3 is 0 Å². The first-order valence-electron chi connectivity index (χ1n) is 7.45. The predicted octanol–water partition coefficient (Wildman–Crippen LogP) is 3.11. The number of H-pyrrole nitrogens is 1. The number of thiophene rings is 1. The van der Waals surface area contributed by atoms with Gasteiger partial charge in [-0.1, -0.05) is 19.1 Å². The summed E-state index contributed by atoms with van der Waals surface area (Å²) in [6, 6.07) is 7.70. The minimum Gasteiger partial charge on any atom is -0.497 e. The number of hydrogen-bond donors (Lipinski definition) is 1. The maximum Gasteiger partial charge on any atom is 0.260 e. The number of rotatable bonds is 5. The summed E-state index contributed by atoms with van der Waals surface area (Å²) in [5.41, 5.74) is 1.82. The van der Waals surface area contributed by atoms with Gasteiger partial charge in [-0.3, -0.25) is 9.69 Å². The first-order chi connectivity index (χ1) is 11.1. The van der Waals surface area contributed by atoms with Gasteiger partial charge in [0.05, 0.1) is 19.0 Å². The fraction of sp³-hybridized carbons (Fsp3) is 0.294. The second-order valence-electron chi connectivity index (χ2n) is 5.40. The van der Waals surface area contributed by atoms with Crippen LogP contribution in [0.25, 0.3) is 21.3 Å². The van der Waals surface area contributed by atoms with Gasteiger partial charge in [-0.05, 0) is 31.3 Å². The molecule has 0 radical (unpaired) electrons. The molecule has 2 heterocycles. The summed E-state index contributed by atoms with van der Waals surface area (Å²) in [6.07, 6.45) is 0. The van der Waals surface area contributed by atoms with Crippen molar-refractivity contribution in [3.05, 3.63) is 45.8 Å². The highest BCUT2D eigenvalue weighted by Gasteiger charge is 2.13. The van der Waals surface area contributed by atoms with E-state index in [-0.39, 0.29) is 5.56 Å². The lowest BCUT2D eigenvalue weighted by atomic mass is 10.1. The number of nitrogens with zero attached hydrogens (tertiary/aromatic N) is 2. The molecule has 0 spiro atoms. The Kier molecular flexibility index (Phi) is 4.45. The van der Waals surface area contributed by atoms with Gasteiger partial charge < -0.3 is 9.72 Å². The predicted molar refractivity (Wildman–Crippen MR) is 94.2 cm³/mol. The molecule has 0 saturated carbocycles. The first kappa shape index (κ1) is 15.7. The normalized spacial score (nSPS) is 11.3. The summed E-state index contributed by atoms with van der Waals surface area (Å²) in [7, 11) is 3.64. The van der Waals surface area contributed by atoms with E-state index >= 15 is 0 Å². The Labute approximate surface area is 138 Å². The van der Waals surface area contributed by atoms with E-state index in [9.17, 15) is 4.79 Å². The smallest absolute Gasteiger partial charge is 0.260 e. The van der Waals surface area contributed by atoms with Crippen molar-refractivity contribution in [1.29, 1.82) is 0 Å². The van der Waals surface area contributed by atoms with Crippen molar-refractivity contribution in [2.45, 2.75) is 13.5 Å². The summed E-state index contributed by atoms with van der Waals surface area (Å²) >= 11 is 1.50. The van der Waals surface area contributed by atoms with Crippen LogP contribution in [0.2, 0.25) is 0 Å². The molecule has 23 heavy (non-hydrogen) atoms. The van der Waals surface area contributed by atoms with E-state index in [1.165, 1.54) is 11.3 Å². The monoisotopic (exact) mass is 329 g/mol. The number of nitrogens with one attached hydrogen (secondary N) is 1. The van der Waals surface area contributed by atoms with Crippen LogP contribution in [0.1, 0.15) is 12.7 Å². The fourth-order valence-corrected chi connectivity index (χ4v) is 3.39. The number of ether oxygens (including phenoxy) is 1. The van der Waals surface area contributed by atoms with Crippen LogP contribution in [-0.4, -0.2) is 35.6 Å². The highest BCUT2D eigenvalue weighted by atomic mass is 32.1. The molecule has 0 fully saturated rings. The number of fused-ring (bicyclic) bond motifs is 1. The average Bonchev–Trinajstić information content (AvgIpc) is 2.99. The molecule has 2 aromatic heterocycles. The van der Waals surface area contributed by atoms with Crippen LogP contribution in [0, 0.1) is 0 Å². The molecule has 0 aliphatic rings. The highest BCUT2D eigenvalue weighted by Crippen LogP contribution is 2.31. The Balaban J connectivity index is 2.04. The molecule has 1 aromatic carbocycles. The van der Waals surface area contributed by atoms with Gasteiger partial charge in [0.1, 0.15) is 16.4 Å². The van der Waals surface area contributed by atoms with E-state index in [4.69, 9.17) is 4.74 Å². The molecule has 1 N–H and O–H groups in total. The van der Waals surface area contributed by atoms with Crippen molar-refractivity contribution in [2.24, 2.45) is 0 Å². The molecule has 0 unspecified atom stereocenters. The molecular weight excluding hydrogens is 310 g/mol. The molecule has 0 bridgehead atoms. The topological polar surface area (TPSA) is 58.2 Å². The molecule has 0 atom stereocenters. The molecule has 0 aliphatic carbocycles. The van der Waals surface area contributed by atoms with Gasteiger partial charge in [0.15, 0.2) is 0 Å². The van der Waals surface area contributed by atoms with Crippen molar-refractivity contribution in [3.8, 4) is 16.9 Å². The van der Waals surface area contributed by atoms with Crippen molar-refractivity contribution in [2.75, 3.05) is 20.7 Å². The van der Waals surface area contributed by atoms with Gasteiger partial charge in [-0.25, -0.2) is 4.98 Å². The van der Waals surface area contributed by atoms with Gasteiger partial charge in [0.25, 0.3) is 5.56 Å². The lowest BCUT2D eigenvalue weighted by molar-refractivity contribution is 0.336.